The minimum absolute atomic E-state index is 0.124. The van der Waals surface area contributed by atoms with Crippen molar-refractivity contribution in [1.29, 1.82) is 0 Å². The highest BCUT2D eigenvalue weighted by Crippen LogP contribution is 2.35. The largest absolute Gasteiger partial charge is 0.353 e. The second-order valence-electron chi connectivity index (χ2n) is 7.87. The number of carbonyl (C=O) groups is 1. The van der Waals surface area contributed by atoms with Gasteiger partial charge in [-0.1, -0.05) is 35.9 Å². The normalized spacial score (nSPS) is 14.0. The zero-order valence-corrected chi connectivity index (χ0v) is 19.7. The monoisotopic (exact) mass is 478 g/mol. The number of amides is 1. The molecule has 4 aromatic rings. The molecule has 1 aliphatic heterocycles. The summed E-state index contributed by atoms with van der Waals surface area (Å²) in [6.07, 6.45) is 3.41. The van der Waals surface area contributed by atoms with Crippen LogP contribution >= 0.6 is 22.9 Å². The summed E-state index contributed by atoms with van der Waals surface area (Å²) >= 11 is 7.63. The number of piperazine rings is 1. The van der Waals surface area contributed by atoms with Crippen molar-refractivity contribution in [3.8, 4) is 0 Å². The summed E-state index contributed by atoms with van der Waals surface area (Å²) in [4.78, 5) is 32.5. The lowest BCUT2D eigenvalue weighted by Gasteiger charge is -2.36. The van der Waals surface area contributed by atoms with E-state index in [4.69, 9.17) is 11.6 Å². The Bertz CT molecular complexity index is 1290. The first kappa shape index (κ1) is 21.6. The lowest BCUT2D eigenvalue weighted by molar-refractivity contribution is 0.0954. The smallest absolute Gasteiger partial charge is 0.261 e. The van der Waals surface area contributed by atoms with Gasteiger partial charge < -0.3 is 15.1 Å². The van der Waals surface area contributed by atoms with Crippen LogP contribution in [-0.4, -0.2) is 47.0 Å². The van der Waals surface area contributed by atoms with Crippen LogP contribution in [0.4, 0.5) is 11.6 Å². The van der Waals surface area contributed by atoms with Crippen molar-refractivity contribution in [3.05, 3.63) is 76.0 Å². The number of nitrogens with zero attached hydrogens (tertiary/aromatic N) is 5. The summed E-state index contributed by atoms with van der Waals surface area (Å²) in [5.41, 5.74) is 1.80. The van der Waals surface area contributed by atoms with Crippen molar-refractivity contribution in [2.75, 3.05) is 36.0 Å². The van der Waals surface area contributed by atoms with Gasteiger partial charge in [-0.3, -0.25) is 4.79 Å². The Morgan fingerprint density at radius 3 is 2.55 bits per heavy atom. The zero-order chi connectivity index (χ0) is 22.8. The molecule has 1 saturated heterocycles. The van der Waals surface area contributed by atoms with Gasteiger partial charge in [-0.25, -0.2) is 15.0 Å². The molecule has 0 radical (unpaired) electrons. The number of anilines is 2. The lowest BCUT2D eigenvalue weighted by Crippen LogP contribution is -2.47. The van der Waals surface area contributed by atoms with Crippen molar-refractivity contribution in [1.82, 2.24) is 20.3 Å². The molecule has 0 saturated carbocycles. The maximum Gasteiger partial charge on any atom is 0.261 e. The number of thiophene rings is 1. The molecule has 1 fully saturated rings. The molecular formula is C24H23ClN6OS. The minimum atomic E-state index is -0.124. The first-order valence-electron chi connectivity index (χ1n) is 10.8. The van der Waals surface area contributed by atoms with Gasteiger partial charge in [0, 0.05) is 43.9 Å². The first-order valence-corrected chi connectivity index (χ1v) is 12.0. The molecule has 0 unspecified atom stereocenters. The van der Waals surface area contributed by atoms with Crippen LogP contribution in [0.2, 0.25) is 5.02 Å². The zero-order valence-electron chi connectivity index (χ0n) is 18.2. The summed E-state index contributed by atoms with van der Waals surface area (Å²) < 4.78 is 0. The summed E-state index contributed by atoms with van der Waals surface area (Å²) in [5.74, 6) is 1.76. The molecular weight excluding hydrogens is 456 g/mol. The van der Waals surface area contributed by atoms with Crippen LogP contribution in [0.3, 0.4) is 0 Å². The van der Waals surface area contributed by atoms with Gasteiger partial charge in [0.1, 0.15) is 22.8 Å². The van der Waals surface area contributed by atoms with Crippen LogP contribution in [-0.2, 0) is 6.54 Å². The predicted molar refractivity (Wildman–Crippen MR) is 133 cm³/mol. The molecule has 1 aliphatic rings. The van der Waals surface area contributed by atoms with Gasteiger partial charge in [0.05, 0.1) is 10.3 Å². The fourth-order valence-corrected chi connectivity index (χ4v) is 5.36. The van der Waals surface area contributed by atoms with Gasteiger partial charge in [0.25, 0.3) is 5.91 Å². The number of hydrogen-bond acceptors (Lipinski definition) is 7. The summed E-state index contributed by atoms with van der Waals surface area (Å²) in [6.45, 7) is 5.71. The maximum atomic E-state index is 13.0. The van der Waals surface area contributed by atoms with Crippen LogP contribution in [0.15, 0.2) is 55.0 Å². The quantitative estimate of drug-likeness (QED) is 0.461. The van der Waals surface area contributed by atoms with E-state index in [0.717, 1.165) is 59.2 Å². The maximum absolute atomic E-state index is 13.0. The molecule has 0 bridgehead atoms. The molecule has 0 aliphatic carbocycles. The van der Waals surface area contributed by atoms with Crippen molar-refractivity contribution in [2.24, 2.45) is 0 Å². The van der Waals surface area contributed by atoms with E-state index in [-0.39, 0.29) is 5.91 Å². The van der Waals surface area contributed by atoms with E-state index in [1.165, 1.54) is 11.3 Å². The molecule has 1 N–H and O–H groups in total. The van der Waals surface area contributed by atoms with Crippen LogP contribution in [0.1, 0.15) is 20.8 Å². The number of aromatic nitrogens is 3. The van der Waals surface area contributed by atoms with Crippen LogP contribution in [0, 0.1) is 6.92 Å². The Morgan fingerprint density at radius 2 is 1.79 bits per heavy atom. The second-order valence-corrected chi connectivity index (χ2v) is 9.28. The number of hydrogen-bond donors (Lipinski definition) is 1. The molecule has 9 heteroatoms. The highest BCUT2D eigenvalue weighted by atomic mass is 35.5. The van der Waals surface area contributed by atoms with E-state index in [2.05, 4.69) is 30.1 Å². The van der Waals surface area contributed by atoms with Crippen molar-refractivity contribution in [3.63, 3.8) is 0 Å². The van der Waals surface area contributed by atoms with E-state index in [0.29, 0.717) is 16.4 Å². The fraction of sp³-hybridized carbons (Fsp3) is 0.250. The van der Waals surface area contributed by atoms with Gasteiger partial charge in [-0.2, -0.15) is 0 Å². The van der Waals surface area contributed by atoms with Crippen molar-refractivity contribution in [2.45, 2.75) is 13.5 Å². The second kappa shape index (κ2) is 9.33. The van der Waals surface area contributed by atoms with Crippen LogP contribution < -0.4 is 15.1 Å². The topological polar surface area (TPSA) is 74.2 Å². The molecule has 3 aromatic heterocycles. The minimum Gasteiger partial charge on any atom is -0.353 e. The predicted octanol–water partition coefficient (Wildman–Crippen LogP) is 4.30. The fourth-order valence-electron chi connectivity index (χ4n) is 4.10. The summed E-state index contributed by atoms with van der Waals surface area (Å²) in [7, 11) is 0. The highest BCUT2D eigenvalue weighted by molar-refractivity contribution is 7.20. The van der Waals surface area contributed by atoms with E-state index >= 15 is 0 Å². The molecule has 168 valence electrons. The van der Waals surface area contributed by atoms with E-state index < -0.39 is 0 Å². The van der Waals surface area contributed by atoms with Crippen LogP contribution in [0.5, 0.6) is 0 Å². The van der Waals surface area contributed by atoms with Gasteiger partial charge in [-0.05, 0) is 36.2 Å². The Morgan fingerprint density at radius 1 is 1.03 bits per heavy atom. The summed E-state index contributed by atoms with van der Waals surface area (Å²) in [6, 6.07) is 13.5. The number of rotatable bonds is 5. The van der Waals surface area contributed by atoms with E-state index in [1.807, 2.05) is 55.6 Å². The van der Waals surface area contributed by atoms with E-state index in [1.54, 1.807) is 6.33 Å². The molecule has 1 aromatic carbocycles. The Balaban J connectivity index is 1.35. The van der Waals surface area contributed by atoms with Gasteiger partial charge in [0.2, 0.25) is 0 Å². The number of aryl methyl sites for hydroxylation is 1. The summed E-state index contributed by atoms with van der Waals surface area (Å²) in [5, 5.41) is 4.59. The standard InChI is InChI=1S/C24H23ClN6OS/c1-16-20-22(31-12-10-30(11-13-31)19-8-4-5-9-26-19)28-15-29-24(20)33-21(16)23(32)27-14-17-6-2-3-7-18(17)25/h2-9,15H,10-14H2,1H3,(H,27,32). The first-order chi connectivity index (χ1) is 16.1. The van der Waals surface area contributed by atoms with Gasteiger partial charge in [-0.15, -0.1) is 11.3 Å². The SMILES string of the molecule is Cc1c(C(=O)NCc2ccccc2Cl)sc2ncnc(N3CCN(c4ccccn4)CC3)c12. The molecule has 5 rings (SSSR count). The van der Waals surface area contributed by atoms with Gasteiger partial charge >= 0.3 is 0 Å². The van der Waals surface area contributed by atoms with Crippen molar-refractivity contribution < 1.29 is 4.79 Å². The van der Waals surface area contributed by atoms with Crippen LogP contribution in [0.25, 0.3) is 10.2 Å². The van der Waals surface area contributed by atoms with E-state index in [9.17, 15) is 4.79 Å². The Hall–Kier alpha value is -3.23. The average Bonchev–Trinajstić information content (AvgIpc) is 3.21. The molecule has 33 heavy (non-hydrogen) atoms. The average molecular weight is 479 g/mol. The third-order valence-electron chi connectivity index (χ3n) is 5.86. The molecule has 0 spiro atoms. The molecule has 1 amide bonds. The number of pyridine rings is 1. The Labute approximate surface area is 201 Å². The lowest BCUT2D eigenvalue weighted by atomic mass is 10.1. The highest BCUT2D eigenvalue weighted by Gasteiger charge is 2.25. The number of benzene rings is 1. The van der Waals surface area contributed by atoms with Crippen molar-refractivity contribution >= 4 is 50.7 Å². The third kappa shape index (κ3) is 4.36. The number of nitrogens with one attached hydrogen (secondary N) is 1. The number of carbonyl (C=O) groups excluding carboxylic acids is 1. The van der Waals surface area contributed by atoms with Gasteiger partial charge in [0.15, 0.2) is 0 Å². The molecule has 7 nitrogen and oxygen atoms in total. The third-order valence-corrected chi connectivity index (χ3v) is 7.43. The molecule has 0 atom stereocenters. The number of fused-ring (bicyclic) bond motifs is 1. The number of halogens is 1. The molecule has 4 heterocycles. The Kier molecular flexibility index (Phi) is 6.11.